The predicted molar refractivity (Wildman–Crippen MR) is 60.9 cm³/mol. The van der Waals surface area contributed by atoms with Gasteiger partial charge in [-0.3, -0.25) is 4.79 Å². The molecule has 1 saturated carbocycles. The van der Waals surface area contributed by atoms with E-state index in [-0.39, 0.29) is 11.3 Å². The standard InChI is InChI=1S/C12H19N3O/c1-4-5-15-11(13-8-14-15)6-10(16)9-7-12(9,2)3/h8-9H,4-7H2,1-3H3. The quantitative estimate of drug-likeness (QED) is 0.762. The Balaban J connectivity index is 1.99. The lowest BCUT2D eigenvalue weighted by Gasteiger charge is -2.04. The summed E-state index contributed by atoms with van der Waals surface area (Å²) in [4.78, 5) is 16.1. The van der Waals surface area contributed by atoms with Gasteiger partial charge < -0.3 is 0 Å². The van der Waals surface area contributed by atoms with Crippen LogP contribution in [0.5, 0.6) is 0 Å². The number of aromatic nitrogens is 3. The van der Waals surface area contributed by atoms with Crippen molar-refractivity contribution < 1.29 is 4.79 Å². The van der Waals surface area contributed by atoms with Crippen molar-refractivity contribution in [3.05, 3.63) is 12.2 Å². The van der Waals surface area contributed by atoms with Gasteiger partial charge in [0.05, 0.1) is 6.42 Å². The van der Waals surface area contributed by atoms with E-state index in [2.05, 4.69) is 30.9 Å². The van der Waals surface area contributed by atoms with Crippen LogP contribution in [0, 0.1) is 11.3 Å². The minimum atomic E-state index is 0.215. The van der Waals surface area contributed by atoms with Gasteiger partial charge in [0.1, 0.15) is 17.9 Å². The van der Waals surface area contributed by atoms with Gasteiger partial charge >= 0.3 is 0 Å². The van der Waals surface area contributed by atoms with Crippen LogP contribution in [0.4, 0.5) is 0 Å². The molecule has 88 valence electrons. The molecule has 1 aliphatic rings. The second-order valence-electron chi connectivity index (χ2n) is 5.29. The summed E-state index contributed by atoms with van der Waals surface area (Å²) in [6.45, 7) is 7.23. The Bertz CT molecular complexity index is 395. The van der Waals surface area contributed by atoms with Gasteiger partial charge in [0.2, 0.25) is 0 Å². The van der Waals surface area contributed by atoms with E-state index in [1.54, 1.807) is 0 Å². The lowest BCUT2D eigenvalue weighted by Crippen LogP contribution is -2.14. The smallest absolute Gasteiger partial charge is 0.144 e. The van der Waals surface area contributed by atoms with Crippen molar-refractivity contribution in [2.75, 3.05) is 0 Å². The zero-order valence-corrected chi connectivity index (χ0v) is 10.2. The minimum Gasteiger partial charge on any atom is -0.299 e. The van der Waals surface area contributed by atoms with E-state index >= 15 is 0 Å². The molecule has 1 fully saturated rings. The highest BCUT2D eigenvalue weighted by Crippen LogP contribution is 2.52. The topological polar surface area (TPSA) is 47.8 Å². The van der Waals surface area contributed by atoms with Crippen LogP contribution >= 0.6 is 0 Å². The van der Waals surface area contributed by atoms with Crippen LogP contribution in [0.3, 0.4) is 0 Å². The van der Waals surface area contributed by atoms with E-state index < -0.39 is 0 Å². The third-order valence-electron chi connectivity index (χ3n) is 3.37. The monoisotopic (exact) mass is 221 g/mol. The maximum Gasteiger partial charge on any atom is 0.144 e. The average molecular weight is 221 g/mol. The molecule has 0 N–H and O–H groups in total. The largest absolute Gasteiger partial charge is 0.299 e. The predicted octanol–water partition coefficient (Wildman–Crippen LogP) is 1.85. The molecule has 4 heteroatoms. The van der Waals surface area contributed by atoms with Crippen molar-refractivity contribution in [2.24, 2.45) is 11.3 Å². The first-order valence-corrected chi connectivity index (χ1v) is 5.94. The number of rotatable bonds is 5. The molecule has 0 radical (unpaired) electrons. The lowest BCUT2D eigenvalue weighted by atomic mass is 10.1. The van der Waals surface area contributed by atoms with Gasteiger partial charge in [0.25, 0.3) is 0 Å². The van der Waals surface area contributed by atoms with Crippen LogP contribution < -0.4 is 0 Å². The summed E-state index contributed by atoms with van der Waals surface area (Å²) in [5.74, 6) is 1.36. The summed E-state index contributed by atoms with van der Waals surface area (Å²) in [7, 11) is 0. The minimum absolute atomic E-state index is 0.215. The number of hydrogen-bond acceptors (Lipinski definition) is 3. The Morgan fingerprint density at radius 2 is 2.31 bits per heavy atom. The zero-order chi connectivity index (χ0) is 11.8. The van der Waals surface area contributed by atoms with Crippen molar-refractivity contribution in [3.63, 3.8) is 0 Å². The molecule has 1 atom stereocenters. The van der Waals surface area contributed by atoms with E-state index in [0.717, 1.165) is 25.2 Å². The molecule has 1 aliphatic carbocycles. The highest BCUT2D eigenvalue weighted by molar-refractivity contribution is 5.85. The first-order chi connectivity index (χ1) is 7.54. The second kappa shape index (κ2) is 4.00. The molecule has 0 amide bonds. The molecule has 0 aromatic carbocycles. The fraction of sp³-hybridized carbons (Fsp3) is 0.750. The number of Topliss-reactive ketones (excluding diaryl/α,β-unsaturated/α-hetero) is 1. The summed E-state index contributed by atoms with van der Waals surface area (Å²) in [5, 5.41) is 4.13. The van der Waals surface area contributed by atoms with Gasteiger partial charge in [-0.1, -0.05) is 20.8 Å². The zero-order valence-electron chi connectivity index (χ0n) is 10.2. The second-order valence-corrected chi connectivity index (χ2v) is 5.29. The first kappa shape index (κ1) is 11.3. The van der Waals surface area contributed by atoms with Gasteiger partial charge in [0, 0.05) is 12.5 Å². The summed E-state index contributed by atoms with van der Waals surface area (Å²) in [5.41, 5.74) is 0.215. The fourth-order valence-electron chi connectivity index (χ4n) is 2.12. The van der Waals surface area contributed by atoms with Crippen LogP contribution in [0.2, 0.25) is 0 Å². The number of carbonyl (C=O) groups is 1. The van der Waals surface area contributed by atoms with E-state index in [1.165, 1.54) is 6.33 Å². The molecule has 1 aromatic heterocycles. The summed E-state index contributed by atoms with van der Waals surface area (Å²) in [6.07, 6.45) is 4.01. The van der Waals surface area contributed by atoms with Crippen molar-refractivity contribution >= 4 is 5.78 Å². The van der Waals surface area contributed by atoms with Crippen LogP contribution in [0.15, 0.2) is 6.33 Å². The molecule has 1 aromatic rings. The Morgan fingerprint density at radius 3 is 2.88 bits per heavy atom. The van der Waals surface area contributed by atoms with Crippen LogP contribution in [0.25, 0.3) is 0 Å². The molecule has 1 heterocycles. The Morgan fingerprint density at radius 1 is 1.62 bits per heavy atom. The number of hydrogen-bond donors (Lipinski definition) is 0. The SMILES string of the molecule is CCCn1ncnc1CC(=O)C1CC1(C)C. The molecule has 4 nitrogen and oxygen atoms in total. The van der Waals surface area contributed by atoms with Crippen molar-refractivity contribution in [1.29, 1.82) is 0 Å². The third kappa shape index (κ3) is 2.15. The Hall–Kier alpha value is -1.19. The highest BCUT2D eigenvalue weighted by atomic mass is 16.1. The molecule has 0 bridgehead atoms. The van der Waals surface area contributed by atoms with Gasteiger partial charge in [-0.2, -0.15) is 5.10 Å². The van der Waals surface area contributed by atoms with Crippen molar-refractivity contribution in [2.45, 2.75) is 46.6 Å². The maximum atomic E-state index is 12.0. The summed E-state index contributed by atoms with van der Waals surface area (Å²) < 4.78 is 1.84. The Kier molecular flexibility index (Phi) is 2.82. The van der Waals surface area contributed by atoms with Crippen LogP contribution in [-0.4, -0.2) is 20.5 Å². The van der Waals surface area contributed by atoms with E-state index in [4.69, 9.17) is 0 Å². The Labute approximate surface area is 96.1 Å². The van der Waals surface area contributed by atoms with E-state index in [9.17, 15) is 4.79 Å². The molecule has 1 unspecified atom stereocenters. The fourth-order valence-corrected chi connectivity index (χ4v) is 2.12. The van der Waals surface area contributed by atoms with Crippen molar-refractivity contribution in [3.8, 4) is 0 Å². The summed E-state index contributed by atoms with van der Waals surface area (Å²) in [6, 6.07) is 0. The number of ketones is 1. The molecule has 2 rings (SSSR count). The van der Waals surface area contributed by atoms with E-state index in [0.29, 0.717) is 12.2 Å². The van der Waals surface area contributed by atoms with Gasteiger partial charge in [-0.05, 0) is 18.3 Å². The van der Waals surface area contributed by atoms with Crippen LogP contribution in [-0.2, 0) is 17.8 Å². The van der Waals surface area contributed by atoms with Crippen LogP contribution in [0.1, 0.15) is 39.4 Å². The average Bonchev–Trinajstić information content (AvgIpc) is 2.65. The van der Waals surface area contributed by atoms with Crippen molar-refractivity contribution in [1.82, 2.24) is 14.8 Å². The number of nitrogens with zero attached hydrogens (tertiary/aromatic N) is 3. The maximum absolute atomic E-state index is 12.0. The molecule has 16 heavy (non-hydrogen) atoms. The first-order valence-electron chi connectivity index (χ1n) is 5.94. The molecule has 0 spiro atoms. The van der Waals surface area contributed by atoms with Gasteiger partial charge in [-0.25, -0.2) is 9.67 Å². The summed E-state index contributed by atoms with van der Waals surface area (Å²) >= 11 is 0. The third-order valence-corrected chi connectivity index (χ3v) is 3.37. The molecule has 0 aliphatic heterocycles. The van der Waals surface area contributed by atoms with E-state index in [1.807, 2.05) is 4.68 Å². The molecular weight excluding hydrogens is 202 g/mol. The molecular formula is C12H19N3O. The lowest BCUT2D eigenvalue weighted by molar-refractivity contribution is -0.120. The molecule has 0 saturated heterocycles. The highest BCUT2D eigenvalue weighted by Gasteiger charge is 2.50. The number of aryl methyl sites for hydroxylation is 1. The van der Waals surface area contributed by atoms with Gasteiger partial charge in [0.15, 0.2) is 0 Å². The van der Waals surface area contributed by atoms with Gasteiger partial charge in [-0.15, -0.1) is 0 Å². The number of carbonyl (C=O) groups excluding carboxylic acids is 1. The normalized spacial score (nSPS) is 22.1.